The Hall–Kier alpha value is -1.13. The Morgan fingerprint density at radius 3 is 2.13 bits per heavy atom. The van der Waals surface area contributed by atoms with Crippen molar-refractivity contribution in [1.82, 2.24) is 0 Å². The minimum absolute atomic E-state index is 0.488. The summed E-state index contributed by atoms with van der Waals surface area (Å²) in [5.74, 6) is -2.28. The number of carbonyl (C=O) groups excluding carboxylic acids is 2. The second-order valence-corrected chi connectivity index (χ2v) is 7.01. The van der Waals surface area contributed by atoms with Crippen LogP contribution in [0.15, 0.2) is 0 Å². The van der Waals surface area contributed by atoms with Crippen LogP contribution in [-0.4, -0.2) is 123 Å². The van der Waals surface area contributed by atoms with Crippen LogP contribution in [0, 0.1) is 0 Å². The van der Waals surface area contributed by atoms with E-state index in [0.717, 1.165) is 6.92 Å². The Kier molecular flexibility index (Phi) is 9.17. The van der Waals surface area contributed by atoms with E-state index in [1.807, 2.05) is 0 Å². The lowest BCUT2D eigenvalue weighted by Gasteiger charge is -2.46. The summed E-state index contributed by atoms with van der Waals surface area (Å²) in [7, 11) is 0. The first-order valence-electron chi connectivity index (χ1n) is 8.97. The molecule has 2 aliphatic rings. The minimum Gasteiger partial charge on any atom is -0.463 e. The standard InChI is InChI=1S/C16H25ClO13/c1-5(19)26-4-7-9(21)10(22)14(29-8(20)2-17)16(28-7)30-13-6(3-18)27-15(25)12(24)11(13)23/h6-7,9-16,18,21-25H,2-4H2,1H3/t6-,7-,9+,10+,11-,12-,13-,14-,15-,16+/m1/s1. The molecule has 2 rings (SSSR count). The first-order chi connectivity index (χ1) is 14.1. The fourth-order valence-electron chi connectivity index (χ4n) is 3.05. The third-order valence-electron chi connectivity index (χ3n) is 4.60. The molecular formula is C16H25ClO13. The highest BCUT2D eigenvalue weighted by Gasteiger charge is 2.52. The van der Waals surface area contributed by atoms with Gasteiger partial charge in [0.2, 0.25) is 0 Å². The number of hydrogen-bond donors (Lipinski definition) is 6. The average molecular weight is 461 g/mol. The van der Waals surface area contributed by atoms with Crippen molar-refractivity contribution in [3.8, 4) is 0 Å². The van der Waals surface area contributed by atoms with Gasteiger partial charge in [0.05, 0.1) is 6.61 Å². The van der Waals surface area contributed by atoms with Gasteiger partial charge in [-0.05, 0) is 0 Å². The Morgan fingerprint density at radius 2 is 1.57 bits per heavy atom. The molecule has 0 aromatic rings. The Morgan fingerprint density at radius 1 is 0.933 bits per heavy atom. The highest BCUT2D eigenvalue weighted by molar-refractivity contribution is 6.26. The van der Waals surface area contributed by atoms with Gasteiger partial charge < -0.3 is 54.3 Å². The van der Waals surface area contributed by atoms with Gasteiger partial charge in [-0.25, -0.2) is 0 Å². The van der Waals surface area contributed by atoms with Gasteiger partial charge >= 0.3 is 11.9 Å². The van der Waals surface area contributed by atoms with Crippen LogP contribution in [0.25, 0.3) is 0 Å². The predicted molar refractivity (Wildman–Crippen MR) is 92.8 cm³/mol. The SMILES string of the molecule is CC(=O)OC[C@H]1O[C@@H](O[C@H]2[C@H](O)[C@@H](O)[C@H](O)O[C@@H]2CO)[C@H](OC(=O)CCl)[C@@H](O)[C@H]1O. The van der Waals surface area contributed by atoms with E-state index in [0.29, 0.717) is 0 Å². The van der Waals surface area contributed by atoms with E-state index in [2.05, 4.69) is 0 Å². The highest BCUT2D eigenvalue weighted by Crippen LogP contribution is 2.30. The van der Waals surface area contributed by atoms with Gasteiger partial charge in [-0.3, -0.25) is 9.59 Å². The molecule has 174 valence electrons. The zero-order chi connectivity index (χ0) is 22.6. The lowest BCUT2D eigenvalue weighted by atomic mass is 9.97. The van der Waals surface area contributed by atoms with Crippen molar-refractivity contribution in [2.24, 2.45) is 0 Å². The van der Waals surface area contributed by atoms with Crippen LogP contribution in [-0.2, 0) is 33.3 Å². The van der Waals surface area contributed by atoms with Crippen molar-refractivity contribution in [2.45, 2.75) is 68.3 Å². The molecule has 0 amide bonds. The second-order valence-electron chi connectivity index (χ2n) is 6.74. The van der Waals surface area contributed by atoms with Crippen LogP contribution in [0.2, 0.25) is 0 Å². The van der Waals surface area contributed by atoms with Gasteiger partial charge in [0.15, 0.2) is 18.7 Å². The summed E-state index contributed by atoms with van der Waals surface area (Å²) in [5, 5.41) is 59.7. The molecule has 2 saturated heterocycles. The molecule has 14 heteroatoms. The smallest absolute Gasteiger partial charge is 0.321 e. The number of esters is 2. The largest absolute Gasteiger partial charge is 0.463 e. The summed E-state index contributed by atoms with van der Waals surface area (Å²) in [4.78, 5) is 22.7. The van der Waals surface area contributed by atoms with Crippen LogP contribution < -0.4 is 0 Å². The number of alkyl halides is 1. The van der Waals surface area contributed by atoms with Crippen LogP contribution in [0.1, 0.15) is 6.92 Å². The fourth-order valence-corrected chi connectivity index (χ4v) is 3.11. The zero-order valence-corrected chi connectivity index (χ0v) is 16.6. The maximum Gasteiger partial charge on any atom is 0.321 e. The molecule has 2 heterocycles. The molecule has 6 N–H and O–H groups in total. The highest BCUT2D eigenvalue weighted by atomic mass is 35.5. The van der Waals surface area contributed by atoms with E-state index in [4.69, 9.17) is 35.3 Å². The normalized spacial score (nSPS) is 41.9. The van der Waals surface area contributed by atoms with E-state index in [1.54, 1.807) is 0 Å². The number of carbonyl (C=O) groups is 2. The van der Waals surface area contributed by atoms with Crippen molar-refractivity contribution >= 4 is 23.5 Å². The quantitative estimate of drug-likeness (QED) is 0.158. The molecule has 0 aromatic heterocycles. The topological polar surface area (TPSA) is 202 Å². The van der Waals surface area contributed by atoms with E-state index in [1.165, 1.54) is 0 Å². The summed E-state index contributed by atoms with van der Waals surface area (Å²) in [6, 6.07) is 0. The van der Waals surface area contributed by atoms with E-state index in [9.17, 15) is 40.2 Å². The van der Waals surface area contributed by atoms with Crippen LogP contribution in [0.3, 0.4) is 0 Å². The van der Waals surface area contributed by atoms with Gasteiger partial charge in [0, 0.05) is 6.92 Å². The molecule has 13 nitrogen and oxygen atoms in total. The minimum atomic E-state index is -1.81. The summed E-state index contributed by atoms with van der Waals surface area (Å²) < 4.78 is 25.7. The third-order valence-corrected chi connectivity index (χ3v) is 4.82. The van der Waals surface area contributed by atoms with Gasteiger partial charge in [-0.1, -0.05) is 0 Å². The molecule has 2 fully saturated rings. The third kappa shape index (κ3) is 5.76. The van der Waals surface area contributed by atoms with Gasteiger partial charge in [-0.15, -0.1) is 11.6 Å². The molecule has 30 heavy (non-hydrogen) atoms. The maximum atomic E-state index is 11.6. The lowest BCUT2D eigenvalue weighted by molar-refractivity contribution is -0.355. The number of aliphatic hydroxyl groups is 6. The fraction of sp³-hybridized carbons (Fsp3) is 0.875. The number of halogens is 1. The summed E-state index contributed by atoms with van der Waals surface area (Å²) >= 11 is 5.40. The van der Waals surface area contributed by atoms with Crippen LogP contribution >= 0.6 is 11.6 Å². The Labute approximate surface area is 175 Å². The first kappa shape index (κ1) is 25.1. The van der Waals surface area contributed by atoms with Crippen molar-refractivity contribution in [1.29, 1.82) is 0 Å². The molecule has 2 aliphatic heterocycles. The summed E-state index contributed by atoms with van der Waals surface area (Å²) in [6.45, 7) is -0.122. The number of ether oxygens (including phenoxy) is 5. The Bertz CT molecular complexity index is 589. The number of hydrogen-bond acceptors (Lipinski definition) is 13. The lowest BCUT2D eigenvalue weighted by Crippen LogP contribution is -2.65. The number of aliphatic hydroxyl groups excluding tert-OH is 6. The zero-order valence-electron chi connectivity index (χ0n) is 15.8. The van der Waals surface area contributed by atoms with E-state index >= 15 is 0 Å². The van der Waals surface area contributed by atoms with Crippen LogP contribution in [0.5, 0.6) is 0 Å². The van der Waals surface area contributed by atoms with E-state index < -0.39 is 92.4 Å². The molecule has 0 unspecified atom stereocenters. The number of rotatable bonds is 7. The maximum absolute atomic E-state index is 11.6. The van der Waals surface area contributed by atoms with Crippen molar-refractivity contribution in [2.75, 3.05) is 19.1 Å². The first-order valence-corrected chi connectivity index (χ1v) is 9.50. The predicted octanol–water partition coefficient (Wildman–Crippen LogP) is -4.04. The molecule has 0 aromatic carbocycles. The second kappa shape index (κ2) is 10.9. The van der Waals surface area contributed by atoms with Crippen molar-refractivity contribution in [3.63, 3.8) is 0 Å². The molecule has 0 aliphatic carbocycles. The van der Waals surface area contributed by atoms with E-state index in [-0.39, 0.29) is 0 Å². The molecular weight excluding hydrogens is 436 g/mol. The van der Waals surface area contributed by atoms with Gasteiger partial charge in [0.25, 0.3) is 0 Å². The monoisotopic (exact) mass is 460 g/mol. The van der Waals surface area contributed by atoms with Crippen LogP contribution in [0.4, 0.5) is 0 Å². The summed E-state index contributed by atoms with van der Waals surface area (Å²) in [5.41, 5.74) is 0. The van der Waals surface area contributed by atoms with Gasteiger partial charge in [0.1, 0.15) is 55.2 Å². The van der Waals surface area contributed by atoms with Crippen molar-refractivity contribution < 1.29 is 63.9 Å². The average Bonchev–Trinajstić information content (AvgIpc) is 2.71. The molecule has 0 spiro atoms. The molecule has 0 saturated carbocycles. The molecule has 10 atom stereocenters. The summed E-state index contributed by atoms with van der Waals surface area (Å²) in [6.07, 6.45) is -16.3. The Balaban J connectivity index is 2.25. The molecule has 0 bridgehead atoms. The van der Waals surface area contributed by atoms with Gasteiger partial charge in [-0.2, -0.15) is 0 Å². The molecule has 0 radical (unpaired) electrons. The van der Waals surface area contributed by atoms with Crippen molar-refractivity contribution in [3.05, 3.63) is 0 Å².